The second kappa shape index (κ2) is 6.64. The lowest BCUT2D eigenvalue weighted by molar-refractivity contribution is 0.0953. The van der Waals surface area contributed by atoms with Gasteiger partial charge in [-0.2, -0.15) is 0 Å². The Labute approximate surface area is 110 Å². The van der Waals surface area contributed by atoms with Crippen LogP contribution in [-0.4, -0.2) is 22.4 Å². The maximum atomic E-state index is 11.7. The SMILES string of the molecule is CC(C)CC(Br)CNC(=O)c1ccc(O)cc1. The summed E-state index contributed by atoms with van der Waals surface area (Å²) in [7, 11) is 0. The molecule has 1 rings (SSSR count). The van der Waals surface area contributed by atoms with E-state index in [0.717, 1.165) is 6.42 Å². The molecule has 1 atom stereocenters. The van der Waals surface area contributed by atoms with Gasteiger partial charge in [0, 0.05) is 16.9 Å². The van der Waals surface area contributed by atoms with Gasteiger partial charge in [-0.25, -0.2) is 0 Å². The van der Waals surface area contributed by atoms with Gasteiger partial charge in [0.2, 0.25) is 0 Å². The number of nitrogens with one attached hydrogen (secondary N) is 1. The van der Waals surface area contributed by atoms with Crippen molar-refractivity contribution in [1.29, 1.82) is 0 Å². The minimum Gasteiger partial charge on any atom is -0.508 e. The van der Waals surface area contributed by atoms with E-state index in [4.69, 9.17) is 5.11 Å². The number of hydrogen-bond acceptors (Lipinski definition) is 2. The highest BCUT2D eigenvalue weighted by molar-refractivity contribution is 9.09. The molecule has 1 unspecified atom stereocenters. The quantitative estimate of drug-likeness (QED) is 0.821. The lowest BCUT2D eigenvalue weighted by Crippen LogP contribution is -2.30. The highest BCUT2D eigenvalue weighted by Gasteiger charge is 2.10. The summed E-state index contributed by atoms with van der Waals surface area (Å²) in [6.07, 6.45) is 1.02. The zero-order valence-electron chi connectivity index (χ0n) is 10.1. The Balaban J connectivity index is 2.42. The number of amides is 1. The molecule has 0 spiro atoms. The number of carbonyl (C=O) groups is 1. The third-order valence-electron chi connectivity index (χ3n) is 2.34. The molecule has 1 amide bonds. The van der Waals surface area contributed by atoms with Gasteiger partial charge in [0.1, 0.15) is 5.75 Å². The van der Waals surface area contributed by atoms with Gasteiger partial charge < -0.3 is 10.4 Å². The maximum Gasteiger partial charge on any atom is 0.251 e. The van der Waals surface area contributed by atoms with Gasteiger partial charge in [0.15, 0.2) is 0 Å². The van der Waals surface area contributed by atoms with E-state index in [9.17, 15) is 4.79 Å². The van der Waals surface area contributed by atoms with Crippen LogP contribution >= 0.6 is 15.9 Å². The normalized spacial score (nSPS) is 12.5. The zero-order chi connectivity index (χ0) is 12.8. The van der Waals surface area contributed by atoms with Crippen molar-refractivity contribution < 1.29 is 9.90 Å². The van der Waals surface area contributed by atoms with Gasteiger partial charge in [-0.1, -0.05) is 29.8 Å². The zero-order valence-corrected chi connectivity index (χ0v) is 11.7. The Hall–Kier alpha value is -1.03. The van der Waals surface area contributed by atoms with Crippen molar-refractivity contribution in [3.8, 4) is 5.75 Å². The van der Waals surface area contributed by atoms with Crippen LogP contribution < -0.4 is 5.32 Å². The van der Waals surface area contributed by atoms with Crippen molar-refractivity contribution in [3.63, 3.8) is 0 Å². The van der Waals surface area contributed by atoms with Gasteiger partial charge >= 0.3 is 0 Å². The summed E-state index contributed by atoms with van der Waals surface area (Å²) in [4.78, 5) is 12.0. The number of hydrogen-bond donors (Lipinski definition) is 2. The Morgan fingerprint density at radius 2 is 1.94 bits per heavy atom. The van der Waals surface area contributed by atoms with Crippen LogP contribution in [0.4, 0.5) is 0 Å². The average molecular weight is 300 g/mol. The Morgan fingerprint density at radius 1 is 1.35 bits per heavy atom. The standard InChI is InChI=1S/C13H18BrNO2/c1-9(2)7-11(14)8-15-13(17)10-3-5-12(16)6-4-10/h3-6,9,11,16H,7-8H2,1-2H3,(H,15,17). The van der Waals surface area contributed by atoms with Crippen LogP contribution in [0.5, 0.6) is 5.75 Å². The van der Waals surface area contributed by atoms with Crippen LogP contribution in [0, 0.1) is 5.92 Å². The molecule has 0 saturated carbocycles. The molecular formula is C13H18BrNO2. The first-order chi connectivity index (χ1) is 7.99. The molecule has 0 saturated heterocycles. The topological polar surface area (TPSA) is 49.3 Å². The van der Waals surface area contributed by atoms with Crippen molar-refractivity contribution in [1.82, 2.24) is 5.32 Å². The van der Waals surface area contributed by atoms with Crippen LogP contribution in [0.2, 0.25) is 0 Å². The van der Waals surface area contributed by atoms with E-state index in [0.29, 0.717) is 22.9 Å². The molecule has 94 valence electrons. The van der Waals surface area contributed by atoms with Gasteiger partial charge in [0.25, 0.3) is 5.91 Å². The third-order valence-corrected chi connectivity index (χ3v) is 3.04. The van der Waals surface area contributed by atoms with Crippen molar-refractivity contribution in [2.24, 2.45) is 5.92 Å². The summed E-state index contributed by atoms with van der Waals surface area (Å²) >= 11 is 3.54. The number of carbonyl (C=O) groups excluding carboxylic acids is 1. The van der Waals surface area contributed by atoms with E-state index in [1.807, 2.05) is 0 Å². The number of aromatic hydroxyl groups is 1. The summed E-state index contributed by atoms with van der Waals surface area (Å²) < 4.78 is 0. The first kappa shape index (κ1) is 14.0. The largest absolute Gasteiger partial charge is 0.508 e. The molecule has 0 aliphatic rings. The molecule has 1 aromatic carbocycles. The second-order valence-corrected chi connectivity index (χ2v) is 5.78. The molecule has 0 aromatic heterocycles. The van der Waals surface area contributed by atoms with E-state index in [1.165, 1.54) is 12.1 Å². The molecule has 0 fully saturated rings. The summed E-state index contributed by atoms with van der Waals surface area (Å²) in [5.74, 6) is 0.655. The van der Waals surface area contributed by atoms with Gasteiger partial charge in [0.05, 0.1) is 0 Å². The lowest BCUT2D eigenvalue weighted by atomic mass is 10.1. The predicted octanol–water partition coefficient (Wildman–Crippen LogP) is 2.93. The van der Waals surface area contributed by atoms with Gasteiger partial charge in [-0.15, -0.1) is 0 Å². The highest BCUT2D eigenvalue weighted by atomic mass is 79.9. The number of benzene rings is 1. The molecule has 0 aliphatic carbocycles. The van der Waals surface area contributed by atoms with E-state index < -0.39 is 0 Å². The second-order valence-electron chi connectivity index (χ2n) is 4.48. The predicted molar refractivity (Wildman–Crippen MR) is 72.6 cm³/mol. The smallest absolute Gasteiger partial charge is 0.251 e. The number of phenols is 1. The Bertz CT molecular complexity index is 362. The fourth-order valence-electron chi connectivity index (χ4n) is 1.51. The van der Waals surface area contributed by atoms with E-state index in [-0.39, 0.29) is 11.7 Å². The van der Waals surface area contributed by atoms with Crippen LogP contribution in [0.15, 0.2) is 24.3 Å². The number of rotatable bonds is 5. The van der Waals surface area contributed by atoms with Crippen LogP contribution in [-0.2, 0) is 0 Å². The summed E-state index contributed by atoms with van der Waals surface area (Å²) in [6, 6.07) is 6.23. The maximum absolute atomic E-state index is 11.7. The highest BCUT2D eigenvalue weighted by Crippen LogP contribution is 2.12. The summed E-state index contributed by atoms with van der Waals surface area (Å²) in [5, 5.41) is 12.0. The van der Waals surface area contributed by atoms with Crippen molar-refractivity contribution in [2.75, 3.05) is 6.54 Å². The first-order valence-electron chi connectivity index (χ1n) is 5.70. The molecular weight excluding hydrogens is 282 g/mol. The third kappa shape index (κ3) is 5.22. The van der Waals surface area contributed by atoms with Crippen LogP contribution in [0.3, 0.4) is 0 Å². The Morgan fingerprint density at radius 3 is 2.47 bits per heavy atom. The molecule has 0 bridgehead atoms. The average Bonchev–Trinajstić information content (AvgIpc) is 2.26. The summed E-state index contributed by atoms with van der Waals surface area (Å²) in [5.41, 5.74) is 0.562. The molecule has 2 N–H and O–H groups in total. The molecule has 0 radical (unpaired) electrons. The Kier molecular flexibility index (Phi) is 5.48. The molecule has 0 heterocycles. The molecule has 1 aromatic rings. The van der Waals surface area contributed by atoms with Gasteiger partial charge in [-0.3, -0.25) is 4.79 Å². The van der Waals surface area contributed by atoms with Crippen LogP contribution in [0.1, 0.15) is 30.6 Å². The first-order valence-corrected chi connectivity index (χ1v) is 6.62. The molecule has 0 aliphatic heterocycles. The molecule has 4 heteroatoms. The minimum absolute atomic E-state index is 0.113. The number of halogens is 1. The lowest BCUT2D eigenvalue weighted by Gasteiger charge is -2.13. The monoisotopic (exact) mass is 299 g/mol. The van der Waals surface area contributed by atoms with Crippen molar-refractivity contribution in [3.05, 3.63) is 29.8 Å². The summed E-state index contributed by atoms with van der Waals surface area (Å²) in [6.45, 7) is 4.91. The molecule has 17 heavy (non-hydrogen) atoms. The number of phenolic OH excluding ortho intramolecular Hbond substituents is 1. The van der Waals surface area contributed by atoms with Crippen molar-refractivity contribution >= 4 is 21.8 Å². The number of alkyl halides is 1. The van der Waals surface area contributed by atoms with Gasteiger partial charge in [-0.05, 0) is 36.6 Å². The fourth-order valence-corrected chi connectivity index (χ4v) is 2.42. The molecule has 3 nitrogen and oxygen atoms in total. The van der Waals surface area contributed by atoms with E-state index in [1.54, 1.807) is 12.1 Å². The fraction of sp³-hybridized carbons (Fsp3) is 0.462. The van der Waals surface area contributed by atoms with E-state index >= 15 is 0 Å². The van der Waals surface area contributed by atoms with E-state index in [2.05, 4.69) is 35.1 Å². The van der Waals surface area contributed by atoms with Crippen molar-refractivity contribution in [2.45, 2.75) is 25.1 Å². The van der Waals surface area contributed by atoms with Crippen LogP contribution in [0.25, 0.3) is 0 Å². The minimum atomic E-state index is -0.113.